The first kappa shape index (κ1) is 17.5. The van der Waals surface area contributed by atoms with Gasteiger partial charge >= 0.3 is 0 Å². The molecule has 0 saturated carbocycles. The zero-order chi connectivity index (χ0) is 16.0. The minimum Gasteiger partial charge on any atom is -0.385 e. The molecule has 3 heteroatoms. The molecule has 0 aromatic heterocycles. The molecule has 124 valence electrons. The Morgan fingerprint density at radius 2 is 2.14 bits per heavy atom. The van der Waals surface area contributed by atoms with Gasteiger partial charge in [-0.3, -0.25) is 0 Å². The van der Waals surface area contributed by atoms with Crippen LogP contribution in [0.5, 0.6) is 0 Å². The Bertz CT molecular complexity index is 469. The number of rotatable bonds is 7. The largest absolute Gasteiger partial charge is 0.385 e. The van der Waals surface area contributed by atoms with E-state index >= 15 is 0 Å². The molecule has 1 aliphatic heterocycles. The molecule has 0 aliphatic carbocycles. The molecule has 1 saturated heterocycles. The number of ether oxygens (including phenoxy) is 1. The third-order valence-corrected chi connectivity index (χ3v) is 4.99. The van der Waals surface area contributed by atoms with Crippen molar-refractivity contribution >= 4 is 0 Å². The average molecular weight is 305 g/mol. The number of aliphatic hydroxyl groups is 1. The van der Waals surface area contributed by atoms with Gasteiger partial charge in [-0.2, -0.15) is 0 Å². The van der Waals surface area contributed by atoms with Crippen LogP contribution in [-0.4, -0.2) is 31.9 Å². The Morgan fingerprint density at radius 3 is 2.82 bits per heavy atom. The Morgan fingerprint density at radius 1 is 1.32 bits per heavy atom. The summed E-state index contributed by atoms with van der Waals surface area (Å²) in [6.07, 6.45) is 5.06. The van der Waals surface area contributed by atoms with Gasteiger partial charge in [0, 0.05) is 26.2 Å². The summed E-state index contributed by atoms with van der Waals surface area (Å²) in [5, 5.41) is 15.1. The molecule has 0 bridgehead atoms. The molecule has 0 amide bonds. The number of hydrogen-bond acceptors (Lipinski definition) is 3. The first-order valence-electron chi connectivity index (χ1n) is 8.57. The summed E-state index contributed by atoms with van der Waals surface area (Å²) in [4.78, 5) is 0. The van der Waals surface area contributed by atoms with Gasteiger partial charge in [0.05, 0.1) is 5.60 Å². The normalized spacial score (nSPS) is 21.5. The van der Waals surface area contributed by atoms with E-state index in [9.17, 15) is 5.11 Å². The third kappa shape index (κ3) is 4.09. The lowest BCUT2D eigenvalue weighted by atomic mass is 9.73. The van der Waals surface area contributed by atoms with Crippen LogP contribution in [0.3, 0.4) is 0 Å². The van der Waals surface area contributed by atoms with E-state index in [0.29, 0.717) is 5.92 Å². The van der Waals surface area contributed by atoms with Crippen LogP contribution < -0.4 is 5.32 Å². The number of methoxy groups -OCH3 is 1. The summed E-state index contributed by atoms with van der Waals surface area (Å²) in [5.74, 6) is 0.296. The molecule has 2 atom stereocenters. The van der Waals surface area contributed by atoms with E-state index in [2.05, 4.69) is 37.4 Å². The van der Waals surface area contributed by atoms with Crippen LogP contribution in [0.1, 0.15) is 48.8 Å². The molecule has 1 unspecified atom stereocenters. The maximum atomic E-state index is 11.6. The molecule has 0 radical (unpaired) electrons. The molecule has 2 N–H and O–H groups in total. The van der Waals surface area contributed by atoms with E-state index in [-0.39, 0.29) is 0 Å². The van der Waals surface area contributed by atoms with Gasteiger partial charge in [-0.1, -0.05) is 23.8 Å². The number of nitrogens with one attached hydrogen (secondary N) is 1. The standard InChI is InChI=1S/C19H31NO2/c1-15-8-9-16(2)18(13-15)19(21,10-4-5-12-22-3)17-7-6-11-20-14-17/h8-9,13,17,20-21H,4-7,10-12,14H2,1-3H3/t17?,19-/m0/s1. The summed E-state index contributed by atoms with van der Waals surface area (Å²) in [6, 6.07) is 6.45. The van der Waals surface area contributed by atoms with Gasteiger partial charge in [0.25, 0.3) is 0 Å². The van der Waals surface area contributed by atoms with Gasteiger partial charge in [0.1, 0.15) is 0 Å². The molecular weight excluding hydrogens is 274 g/mol. The summed E-state index contributed by atoms with van der Waals surface area (Å²) in [6.45, 7) is 6.97. The van der Waals surface area contributed by atoms with Gasteiger partial charge in [-0.15, -0.1) is 0 Å². The number of benzene rings is 1. The lowest BCUT2D eigenvalue weighted by Crippen LogP contribution is -2.44. The first-order valence-corrected chi connectivity index (χ1v) is 8.57. The molecule has 0 spiro atoms. The van der Waals surface area contributed by atoms with Crippen LogP contribution in [0.4, 0.5) is 0 Å². The quantitative estimate of drug-likeness (QED) is 0.759. The van der Waals surface area contributed by atoms with Gasteiger partial charge in [0.2, 0.25) is 0 Å². The highest BCUT2D eigenvalue weighted by Crippen LogP contribution is 2.40. The Hall–Kier alpha value is -0.900. The number of piperidine rings is 1. The van der Waals surface area contributed by atoms with E-state index in [0.717, 1.165) is 57.4 Å². The maximum Gasteiger partial charge on any atom is 0.0939 e. The summed E-state index contributed by atoms with van der Waals surface area (Å²) < 4.78 is 5.16. The van der Waals surface area contributed by atoms with Crippen LogP contribution in [0, 0.1) is 19.8 Å². The molecular formula is C19H31NO2. The first-order chi connectivity index (χ1) is 10.6. The Balaban J connectivity index is 2.24. The van der Waals surface area contributed by atoms with E-state index in [4.69, 9.17) is 4.74 Å². The summed E-state index contributed by atoms with van der Waals surface area (Å²) in [7, 11) is 1.74. The zero-order valence-electron chi connectivity index (χ0n) is 14.3. The van der Waals surface area contributed by atoms with Crippen LogP contribution in [0.25, 0.3) is 0 Å². The second kappa shape index (κ2) is 8.09. The highest BCUT2D eigenvalue weighted by atomic mass is 16.5. The minimum absolute atomic E-state index is 0.296. The smallest absolute Gasteiger partial charge is 0.0939 e. The van der Waals surface area contributed by atoms with Crippen LogP contribution >= 0.6 is 0 Å². The molecule has 1 aromatic carbocycles. The van der Waals surface area contributed by atoms with Crippen molar-refractivity contribution in [2.45, 2.75) is 51.6 Å². The molecule has 1 fully saturated rings. The monoisotopic (exact) mass is 305 g/mol. The highest BCUT2D eigenvalue weighted by molar-refractivity contribution is 5.35. The van der Waals surface area contributed by atoms with Gasteiger partial charge < -0.3 is 15.2 Å². The lowest BCUT2D eigenvalue weighted by Gasteiger charge is -2.40. The molecule has 2 rings (SSSR count). The molecule has 1 heterocycles. The van der Waals surface area contributed by atoms with Crippen molar-refractivity contribution in [1.29, 1.82) is 0 Å². The van der Waals surface area contributed by atoms with Crippen LogP contribution in [0.2, 0.25) is 0 Å². The van der Waals surface area contributed by atoms with Gasteiger partial charge in [-0.25, -0.2) is 0 Å². The fraction of sp³-hybridized carbons (Fsp3) is 0.684. The molecule has 1 aromatic rings. The zero-order valence-corrected chi connectivity index (χ0v) is 14.3. The van der Waals surface area contributed by atoms with E-state index in [1.54, 1.807) is 7.11 Å². The Labute approximate surface area is 135 Å². The number of aryl methyl sites for hydroxylation is 2. The lowest BCUT2D eigenvalue weighted by molar-refractivity contribution is -0.0439. The predicted octanol–water partition coefficient (Wildman–Crippen LogP) is 3.31. The summed E-state index contributed by atoms with van der Waals surface area (Å²) in [5.41, 5.74) is 2.82. The van der Waals surface area contributed by atoms with Crippen molar-refractivity contribution < 1.29 is 9.84 Å². The van der Waals surface area contributed by atoms with Crippen LogP contribution in [0.15, 0.2) is 18.2 Å². The van der Waals surface area contributed by atoms with E-state index in [1.165, 1.54) is 11.1 Å². The SMILES string of the molecule is COCCCC[C@@](O)(c1cc(C)ccc1C)C1CCCNC1. The summed E-state index contributed by atoms with van der Waals surface area (Å²) >= 11 is 0. The molecule has 22 heavy (non-hydrogen) atoms. The minimum atomic E-state index is -0.725. The van der Waals surface area contributed by atoms with Crippen molar-refractivity contribution in [3.8, 4) is 0 Å². The predicted molar refractivity (Wildman–Crippen MR) is 91.1 cm³/mol. The van der Waals surface area contributed by atoms with Crippen molar-refractivity contribution in [1.82, 2.24) is 5.32 Å². The van der Waals surface area contributed by atoms with Gasteiger partial charge in [-0.05, 0) is 63.6 Å². The molecule has 1 aliphatic rings. The Kier molecular flexibility index (Phi) is 6.42. The second-order valence-electron chi connectivity index (χ2n) is 6.74. The van der Waals surface area contributed by atoms with E-state index in [1.807, 2.05) is 0 Å². The van der Waals surface area contributed by atoms with Crippen molar-refractivity contribution in [2.75, 3.05) is 26.8 Å². The second-order valence-corrected chi connectivity index (χ2v) is 6.74. The topological polar surface area (TPSA) is 41.5 Å². The van der Waals surface area contributed by atoms with Crippen molar-refractivity contribution in [3.05, 3.63) is 34.9 Å². The average Bonchev–Trinajstić information content (AvgIpc) is 2.54. The number of unbranched alkanes of at least 4 members (excludes halogenated alkanes) is 1. The maximum absolute atomic E-state index is 11.6. The fourth-order valence-corrected chi connectivity index (χ4v) is 3.66. The van der Waals surface area contributed by atoms with Crippen molar-refractivity contribution in [3.63, 3.8) is 0 Å². The third-order valence-electron chi connectivity index (χ3n) is 4.99. The van der Waals surface area contributed by atoms with Gasteiger partial charge in [0.15, 0.2) is 0 Å². The highest BCUT2D eigenvalue weighted by Gasteiger charge is 2.39. The van der Waals surface area contributed by atoms with Crippen LogP contribution in [-0.2, 0) is 10.3 Å². The van der Waals surface area contributed by atoms with Crippen molar-refractivity contribution in [2.24, 2.45) is 5.92 Å². The van der Waals surface area contributed by atoms with E-state index < -0.39 is 5.60 Å². The molecule has 3 nitrogen and oxygen atoms in total. The number of hydrogen-bond donors (Lipinski definition) is 2. The fourth-order valence-electron chi connectivity index (χ4n) is 3.66.